The molecule has 0 aliphatic carbocycles. The van der Waals surface area contributed by atoms with Crippen molar-refractivity contribution in [1.29, 1.82) is 0 Å². The molecule has 1 saturated heterocycles. The van der Waals surface area contributed by atoms with Gasteiger partial charge in [0.25, 0.3) is 0 Å². The van der Waals surface area contributed by atoms with Crippen molar-refractivity contribution in [3.63, 3.8) is 0 Å². The Hall–Kier alpha value is -2.37. The number of amides is 2. The maximum Gasteiger partial charge on any atom is 0.335 e. The molecular weight excluding hydrogens is 284 g/mol. The number of aromatic carboxylic acids is 1. The Morgan fingerprint density at radius 3 is 2.82 bits per heavy atom. The zero-order valence-corrected chi connectivity index (χ0v) is 12.5. The predicted molar refractivity (Wildman–Crippen MR) is 81.7 cm³/mol. The van der Waals surface area contributed by atoms with Crippen LogP contribution in [0, 0.1) is 0 Å². The minimum Gasteiger partial charge on any atom is -0.478 e. The van der Waals surface area contributed by atoms with E-state index in [-0.39, 0.29) is 17.4 Å². The molecule has 1 aromatic rings. The van der Waals surface area contributed by atoms with E-state index >= 15 is 0 Å². The van der Waals surface area contributed by atoms with Crippen LogP contribution in [0.15, 0.2) is 24.3 Å². The summed E-state index contributed by atoms with van der Waals surface area (Å²) in [6, 6.07) is 5.62. The van der Waals surface area contributed by atoms with E-state index in [2.05, 4.69) is 5.32 Å². The average molecular weight is 304 g/mol. The summed E-state index contributed by atoms with van der Waals surface area (Å²) in [6.07, 6.45) is 2.64. The lowest BCUT2D eigenvalue weighted by molar-refractivity contribution is -0.136. The zero-order chi connectivity index (χ0) is 16.1. The molecule has 0 spiro atoms. The third-order valence-corrected chi connectivity index (χ3v) is 3.72. The Kier molecular flexibility index (Phi) is 5.14. The quantitative estimate of drug-likeness (QED) is 0.872. The molecule has 2 amide bonds. The van der Waals surface area contributed by atoms with Crippen LogP contribution in [-0.4, -0.2) is 40.4 Å². The average Bonchev–Trinajstić information content (AvgIpc) is 2.97. The van der Waals surface area contributed by atoms with E-state index in [1.54, 1.807) is 17.0 Å². The van der Waals surface area contributed by atoms with E-state index in [1.165, 1.54) is 12.1 Å². The van der Waals surface area contributed by atoms with Gasteiger partial charge in [0.1, 0.15) is 6.04 Å². The van der Waals surface area contributed by atoms with Crippen molar-refractivity contribution >= 4 is 23.5 Å². The molecule has 0 aromatic heterocycles. The van der Waals surface area contributed by atoms with Crippen LogP contribution < -0.4 is 5.32 Å². The number of likely N-dealkylation sites (tertiary alicyclic amines) is 1. The number of nitrogens with one attached hydrogen (secondary N) is 1. The normalized spacial score (nSPS) is 17.3. The maximum absolute atomic E-state index is 12.4. The highest BCUT2D eigenvalue weighted by molar-refractivity contribution is 5.98. The molecule has 1 aromatic carbocycles. The minimum atomic E-state index is -1.04. The molecule has 6 nitrogen and oxygen atoms in total. The van der Waals surface area contributed by atoms with E-state index in [1.807, 2.05) is 6.92 Å². The molecule has 0 bridgehead atoms. The number of rotatable bonds is 5. The number of hydrogen-bond donors (Lipinski definition) is 2. The summed E-state index contributed by atoms with van der Waals surface area (Å²) < 4.78 is 0. The number of carboxylic acid groups (broad SMARTS) is 1. The van der Waals surface area contributed by atoms with Gasteiger partial charge >= 0.3 is 5.97 Å². The van der Waals surface area contributed by atoms with Crippen LogP contribution in [0.25, 0.3) is 0 Å². The molecule has 1 unspecified atom stereocenters. The Labute approximate surface area is 129 Å². The summed E-state index contributed by atoms with van der Waals surface area (Å²) in [6.45, 7) is 2.53. The van der Waals surface area contributed by atoms with E-state index in [0.29, 0.717) is 25.1 Å². The van der Waals surface area contributed by atoms with Gasteiger partial charge in [-0.15, -0.1) is 0 Å². The summed E-state index contributed by atoms with van der Waals surface area (Å²) >= 11 is 0. The van der Waals surface area contributed by atoms with E-state index in [0.717, 1.165) is 12.8 Å². The molecule has 2 rings (SSSR count). The van der Waals surface area contributed by atoms with Gasteiger partial charge < -0.3 is 15.3 Å². The number of nitrogens with zero attached hydrogens (tertiary/aromatic N) is 1. The molecule has 1 aliphatic heterocycles. The van der Waals surface area contributed by atoms with Crippen LogP contribution in [0.2, 0.25) is 0 Å². The first-order chi connectivity index (χ1) is 10.5. The van der Waals surface area contributed by atoms with Crippen LogP contribution in [0.5, 0.6) is 0 Å². The number of carbonyl (C=O) groups excluding carboxylic acids is 2. The number of hydrogen-bond acceptors (Lipinski definition) is 3. The fourth-order valence-corrected chi connectivity index (χ4v) is 2.65. The number of carboxylic acids is 1. The molecule has 0 saturated carbocycles. The van der Waals surface area contributed by atoms with Gasteiger partial charge in [0, 0.05) is 18.7 Å². The Morgan fingerprint density at radius 2 is 2.14 bits per heavy atom. The lowest BCUT2D eigenvalue weighted by Crippen LogP contribution is -2.43. The lowest BCUT2D eigenvalue weighted by Gasteiger charge is -2.24. The molecule has 118 valence electrons. The maximum atomic E-state index is 12.4. The first kappa shape index (κ1) is 16.0. The van der Waals surface area contributed by atoms with Gasteiger partial charge in [-0.05, 0) is 37.5 Å². The molecule has 1 fully saturated rings. The Bertz CT molecular complexity index is 585. The summed E-state index contributed by atoms with van der Waals surface area (Å²) in [5.41, 5.74) is 0.544. The van der Waals surface area contributed by atoms with Gasteiger partial charge in [-0.3, -0.25) is 9.59 Å². The number of benzene rings is 1. The third kappa shape index (κ3) is 3.63. The third-order valence-electron chi connectivity index (χ3n) is 3.72. The first-order valence-electron chi connectivity index (χ1n) is 7.46. The Balaban J connectivity index is 2.06. The number of carbonyl (C=O) groups is 3. The van der Waals surface area contributed by atoms with Crippen molar-refractivity contribution in [3.05, 3.63) is 29.8 Å². The second kappa shape index (κ2) is 7.06. The van der Waals surface area contributed by atoms with Crippen LogP contribution in [0.1, 0.15) is 43.0 Å². The highest BCUT2D eigenvalue weighted by atomic mass is 16.4. The molecule has 1 heterocycles. The molecule has 2 N–H and O–H groups in total. The monoisotopic (exact) mass is 304 g/mol. The zero-order valence-electron chi connectivity index (χ0n) is 12.5. The summed E-state index contributed by atoms with van der Waals surface area (Å²) in [5.74, 6) is -1.30. The molecule has 22 heavy (non-hydrogen) atoms. The SMILES string of the molecule is CCCC(=O)N1CCCC1C(=O)Nc1cccc(C(=O)O)c1. The van der Waals surface area contributed by atoms with Crippen molar-refractivity contribution in [2.45, 2.75) is 38.6 Å². The lowest BCUT2D eigenvalue weighted by atomic mass is 10.1. The second-order valence-corrected chi connectivity index (χ2v) is 5.37. The second-order valence-electron chi connectivity index (χ2n) is 5.37. The van der Waals surface area contributed by atoms with Gasteiger partial charge in [0.05, 0.1) is 5.56 Å². The van der Waals surface area contributed by atoms with Crippen LogP contribution in [0.4, 0.5) is 5.69 Å². The van der Waals surface area contributed by atoms with Crippen molar-refractivity contribution in [2.75, 3.05) is 11.9 Å². The molecule has 6 heteroatoms. The van der Waals surface area contributed by atoms with Gasteiger partial charge in [-0.1, -0.05) is 13.0 Å². The fourth-order valence-electron chi connectivity index (χ4n) is 2.65. The first-order valence-corrected chi connectivity index (χ1v) is 7.46. The predicted octanol–water partition coefficient (Wildman–Crippen LogP) is 2.11. The number of anilines is 1. The molecule has 1 atom stereocenters. The topological polar surface area (TPSA) is 86.7 Å². The highest BCUT2D eigenvalue weighted by Gasteiger charge is 2.33. The van der Waals surface area contributed by atoms with Gasteiger partial charge in [0.2, 0.25) is 11.8 Å². The van der Waals surface area contributed by atoms with Crippen LogP contribution >= 0.6 is 0 Å². The minimum absolute atomic E-state index is 0.000522. The highest BCUT2D eigenvalue weighted by Crippen LogP contribution is 2.21. The largest absolute Gasteiger partial charge is 0.478 e. The van der Waals surface area contributed by atoms with Crippen molar-refractivity contribution in [3.8, 4) is 0 Å². The molecule has 1 aliphatic rings. The van der Waals surface area contributed by atoms with Gasteiger partial charge in [0.15, 0.2) is 0 Å². The summed E-state index contributed by atoms with van der Waals surface area (Å²) in [4.78, 5) is 37.0. The van der Waals surface area contributed by atoms with E-state index < -0.39 is 12.0 Å². The van der Waals surface area contributed by atoms with Crippen molar-refractivity contribution in [2.24, 2.45) is 0 Å². The van der Waals surface area contributed by atoms with E-state index in [9.17, 15) is 14.4 Å². The summed E-state index contributed by atoms with van der Waals surface area (Å²) in [7, 11) is 0. The Morgan fingerprint density at radius 1 is 1.36 bits per heavy atom. The van der Waals surface area contributed by atoms with E-state index in [4.69, 9.17) is 5.11 Å². The summed E-state index contributed by atoms with van der Waals surface area (Å²) in [5, 5.41) is 11.7. The smallest absolute Gasteiger partial charge is 0.335 e. The standard InChI is InChI=1S/C16H20N2O4/c1-2-5-14(19)18-9-4-8-13(18)15(20)17-12-7-3-6-11(10-12)16(21)22/h3,6-7,10,13H,2,4-5,8-9H2,1H3,(H,17,20)(H,21,22). The van der Waals surface area contributed by atoms with Crippen molar-refractivity contribution < 1.29 is 19.5 Å². The van der Waals surface area contributed by atoms with Crippen molar-refractivity contribution in [1.82, 2.24) is 4.90 Å². The van der Waals surface area contributed by atoms with Gasteiger partial charge in [-0.2, -0.15) is 0 Å². The van der Waals surface area contributed by atoms with Crippen LogP contribution in [-0.2, 0) is 9.59 Å². The molecular formula is C16H20N2O4. The molecule has 0 radical (unpaired) electrons. The van der Waals surface area contributed by atoms with Gasteiger partial charge in [-0.25, -0.2) is 4.79 Å². The van der Waals surface area contributed by atoms with Crippen LogP contribution in [0.3, 0.4) is 0 Å². The fraction of sp³-hybridized carbons (Fsp3) is 0.438.